The molecule has 0 fully saturated rings. The molecule has 15 heavy (non-hydrogen) atoms. The molecule has 5 nitrogen and oxygen atoms in total. The number of anilines is 1. The van der Waals surface area contributed by atoms with Crippen LogP contribution in [-0.2, 0) is 9.59 Å². The van der Waals surface area contributed by atoms with E-state index in [1.165, 1.54) is 11.3 Å². The predicted octanol–water partition coefficient (Wildman–Crippen LogP) is 0.835. The van der Waals surface area contributed by atoms with Crippen molar-refractivity contribution in [3.8, 4) is 0 Å². The first-order chi connectivity index (χ1) is 7.04. The van der Waals surface area contributed by atoms with Gasteiger partial charge in [-0.15, -0.1) is 11.3 Å². The Labute approximate surface area is 91.9 Å². The molecule has 1 heterocycles. The Kier molecular flexibility index (Phi) is 3.79. The molecule has 0 aliphatic carbocycles. The van der Waals surface area contributed by atoms with Gasteiger partial charge in [-0.05, 0) is 20.8 Å². The molecule has 1 aromatic rings. The van der Waals surface area contributed by atoms with E-state index in [2.05, 4.69) is 15.6 Å². The third kappa shape index (κ3) is 3.02. The summed E-state index contributed by atoms with van der Waals surface area (Å²) >= 11 is 1.36. The minimum Gasteiger partial charge on any atom is -0.348 e. The fourth-order valence-electron chi connectivity index (χ4n) is 0.921. The van der Waals surface area contributed by atoms with Gasteiger partial charge in [0.1, 0.15) is 0 Å². The van der Waals surface area contributed by atoms with Crippen molar-refractivity contribution >= 4 is 28.3 Å². The third-order valence-corrected chi connectivity index (χ3v) is 2.78. The summed E-state index contributed by atoms with van der Waals surface area (Å²) in [6, 6.07) is 0. The van der Waals surface area contributed by atoms with Gasteiger partial charge in [-0.2, -0.15) is 0 Å². The van der Waals surface area contributed by atoms with Crippen molar-refractivity contribution in [1.82, 2.24) is 10.3 Å². The number of likely N-dealkylation sites (N-methyl/N-ethyl adjacent to an activating group) is 1. The molecular weight excluding hydrogens is 214 g/mol. The Bertz CT molecular complexity index is 367. The van der Waals surface area contributed by atoms with E-state index in [0.717, 1.165) is 10.6 Å². The topological polar surface area (TPSA) is 71.1 Å². The second-order valence-corrected chi connectivity index (χ2v) is 4.18. The summed E-state index contributed by atoms with van der Waals surface area (Å²) < 4.78 is 0. The molecule has 0 saturated heterocycles. The van der Waals surface area contributed by atoms with Gasteiger partial charge in [-0.3, -0.25) is 14.9 Å². The second kappa shape index (κ2) is 4.88. The van der Waals surface area contributed by atoms with Crippen LogP contribution in [0.25, 0.3) is 0 Å². The molecule has 0 aliphatic heterocycles. The summed E-state index contributed by atoms with van der Waals surface area (Å²) in [5.74, 6) is -1.31. The summed E-state index contributed by atoms with van der Waals surface area (Å²) in [5, 5.41) is 5.32. The number of amides is 2. The van der Waals surface area contributed by atoms with E-state index in [1.807, 2.05) is 13.8 Å². The van der Waals surface area contributed by atoms with Crippen molar-refractivity contribution in [3.05, 3.63) is 10.6 Å². The lowest BCUT2D eigenvalue weighted by molar-refractivity contribution is -0.136. The molecule has 0 spiro atoms. The minimum absolute atomic E-state index is 0.433. The maximum Gasteiger partial charge on any atom is 0.315 e. The van der Waals surface area contributed by atoms with Crippen molar-refractivity contribution in [1.29, 1.82) is 0 Å². The molecular formula is C9H13N3O2S. The number of thiazole rings is 1. The lowest BCUT2D eigenvalue weighted by Gasteiger charge is -2.00. The molecule has 1 aromatic heterocycles. The molecule has 1 rings (SSSR count). The van der Waals surface area contributed by atoms with Crippen LogP contribution >= 0.6 is 11.3 Å². The number of hydrogen-bond acceptors (Lipinski definition) is 4. The average molecular weight is 227 g/mol. The summed E-state index contributed by atoms with van der Waals surface area (Å²) in [6.45, 7) is 5.95. The van der Waals surface area contributed by atoms with Crippen LogP contribution in [0.1, 0.15) is 17.5 Å². The van der Waals surface area contributed by atoms with Crippen LogP contribution in [0, 0.1) is 13.8 Å². The highest BCUT2D eigenvalue weighted by atomic mass is 32.1. The van der Waals surface area contributed by atoms with Gasteiger partial charge in [0.2, 0.25) is 0 Å². The van der Waals surface area contributed by atoms with Gasteiger partial charge in [-0.1, -0.05) is 0 Å². The van der Waals surface area contributed by atoms with Crippen LogP contribution in [0.4, 0.5) is 5.13 Å². The summed E-state index contributed by atoms with van der Waals surface area (Å²) in [6.07, 6.45) is 0. The van der Waals surface area contributed by atoms with Crippen molar-refractivity contribution in [3.63, 3.8) is 0 Å². The van der Waals surface area contributed by atoms with E-state index in [1.54, 1.807) is 6.92 Å². The van der Waals surface area contributed by atoms with Crippen LogP contribution in [-0.4, -0.2) is 23.3 Å². The van der Waals surface area contributed by atoms with Crippen LogP contribution in [0.15, 0.2) is 0 Å². The maximum atomic E-state index is 11.3. The fourth-order valence-corrected chi connectivity index (χ4v) is 1.73. The van der Waals surface area contributed by atoms with E-state index in [4.69, 9.17) is 0 Å². The zero-order chi connectivity index (χ0) is 11.4. The van der Waals surface area contributed by atoms with Crippen LogP contribution in [0.2, 0.25) is 0 Å². The van der Waals surface area contributed by atoms with Crippen LogP contribution in [0.3, 0.4) is 0 Å². The van der Waals surface area contributed by atoms with Gasteiger partial charge in [0.05, 0.1) is 5.69 Å². The first-order valence-electron chi connectivity index (χ1n) is 4.57. The van der Waals surface area contributed by atoms with Crippen molar-refractivity contribution < 1.29 is 9.59 Å². The third-order valence-electron chi connectivity index (χ3n) is 1.79. The van der Waals surface area contributed by atoms with Gasteiger partial charge in [0.15, 0.2) is 5.13 Å². The molecule has 0 radical (unpaired) electrons. The molecule has 0 unspecified atom stereocenters. The lowest BCUT2D eigenvalue weighted by atomic mass is 10.4. The van der Waals surface area contributed by atoms with Gasteiger partial charge in [0.25, 0.3) is 0 Å². The first-order valence-corrected chi connectivity index (χ1v) is 5.39. The van der Waals surface area contributed by atoms with E-state index in [9.17, 15) is 9.59 Å². The fraction of sp³-hybridized carbons (Fsp3) is 0.444. The number of aryl methyl sites for hydroxylation is 2. The van der Waals surface area contributed by atoms with Gasteiger partial charge in [-0.25, -0.2) is 4.98 Å². The minimum atomic E-state index is -0.675. The zero-order valence-electron chi connectivity index (χ0n) is 8.88. The molecule has 0 aromatic carbocycles. The molecule has 0 atom stereocenters. The normalized spacial score (nSPS) is 9.80. The molecule has 0 bridgehead atoms. The number of carbonyl (C=O) groups is 2. The quantitative estimate of drug-likeness (QED) is 0.735. The number of hydrogen-bond donors (Lipinski definition) is 2. The summed E-state index contributed by atoms with van der Waals surface area (Å²) in [7, 11) is 0. The predicted molar refractivity (Wildman–Crippen MR) is 58.9 cm³/mol. The Balaban J connectivity index is 2.62. The van der Waals surface area contributed by atoms with Gasteiger partial charge < -0.3 is 5.32 Å². The highest BCUT2D eigenvalue weighted by Crippen LogP contribution is 2.20. The highest BCUT2D eigenvalue weighted by molar-refractivity contribution is 7.15. The summed E-state index contributed by atoms with van der Waals surface area (Å²) in [5.41, 5.74) is 0.867. The second-order valence-electron chi connectivity index (χ2n) is 2.97. The van der Waals surface area contributed by atoms with E-state index >= 15 is 0 Å². The number of carbonyl (C=O) groups excluding carboxylic acids is 2. The standard InChI is InChI=1S/C9H13N3O2S/c1-4-10-7(13)8(14)12-9-11-5(2)6(3)15-9/h4H2,1-3H3,(H,10,13)(H,11,12,14). The Morgan fingerprint density at radius 2 is 2.00 bits per heavy atom. The SMILES string of the molecule is CCNC(=O)C(=O)Nc1nc(C)c(C)s1. The zero-order valence-corrected chi connectivity index (χ0v) is 9.70. The van der Waals surface area contributed by atoms with Crippen LogP contribution < -0.4 is 10.6 Å². The highest BCUT2D eigenvalue weighted by Gasteiger charge is 2.14. The Morgan fingerprint density at radius 3 is 2.47 bits per heavy atom. The Morgan fingerprint density at radius 1 is 1.33 bits per heavy atom. The summed E-state index contributed by atoms with van der Waals surface area (Å²) in [4.78, 5) is 27.5. The van der Waals surface area contributed by atoms with E-state index < -0.39 is 11.8 Å². The van der Waals surface area contributed by atoms with Crippen LogP contribution in [0.5, 0.6) is 0 Å². The van der Waals surface area contributed by atoms with Gasteiger partial charge >= 0.3 is 11.8 Å². The van der Waals surface area contributed by atoms with Crippen molar-refractivity contribution in [2.75, 3.05) is 11.9 Å². The number of nitrogens with zero attached hydrogens (tertiary/aromatic N) is 1. The molecule has 2 amide bonds. The first kappa shape index (κ1) is 11.6. The molecule has 0 saturated carbocycles. The number of rotatable bonds is 2. The average Bonchev–Trinajstić information content (AvgIpc) is 2.46. The van der Waals surface area contributed by atoms with Crippen molar-refractivity contribution in [2.24, 2.45) is 0 Å². The molecule has 2 N–H and O–H groups in total. The monoisotopic (exact) mass is 227 g/mol. The Hall–Kier alpha value is -1.43. The number of nitrogens with one attached hydrogen (secondary N) is 2. The molecule has 6 heteroatoms. The maximum absolute atomic E-state index is 11.3. The van der Waals surface area contributed by atoms with E-state index in [0.29, 0.717) is 11.7 Å². The molecule has 82 valence electrons. The lowest BCUT2D eigenvalue weighted by Crippen LogP contribution is -2.35. The van der Waals surface area contributed by atoms with E-state index in [-0.39, 0.29) is 0 Å². The number of aromatic nitrogens is 1. The molecule has 0 aliphatic rings. The van der Waals surface area contributed by atoms with Crippen molar-refractivity contribution in [2.45, 2.75) is 20.8 Å². The van der Waals surface area contributed by atoms with Gasteiger partial charge in [0, 0.05) is 11.4 Å². The largest absolute Gasteiger partial charge is 0.348 e. The smallest absolute Gasteiger partial charge is 0.315 e.